The zero-order valence-electron chi connectivity index (χ0n) is 27.9. The van der Waals surface area contributed by atoms with Crippen LogP contribution in [-0.2, 0) is 28.9 Å². The monoisotopic (exact) mass is 748 g/mol. The first kappa shape index (κ1) is 36.5. The minimum Gasteiger partial charge on any atom is -1.00 e. The molecule has 3 aromatic rings. The average molecular weight is 749 g/mol. The number of hydrogen-bond acceptors (Lipinski definition) is 6. The van der Waals surface area contributed by atoms with E-state index in [-0.39, 0.29) is 52.7 Å². The van der Waals surface area contributed by atoms with Crippen molar-refractivity contribution in [3.63, 3.8) is 0 Å². The number of esters is 1. The van der Waals surface area contributed by atoms with Crippen LogP contribution in [-0.4, -0.2) is 27.3 Å². The molecule has 3 heterocycles. The van der Waals surface area contributed by atoms with Gasteiger partial charge in [-0.1, -0.05) is 63.4 Å². The molecule has 0 saturated heterocycles. The molecule has 0 amide bonds. The third-order valence-electron chi connectivity index (χ3n) is 10.4. The minimum atomic E-state index is -0.333. The molecular weight excluding hydrogens is 696 g/mol. The van der Waals surface area contributed by atoms with E-state index in [0.717, 1.165) is 98.9 Å². The van der Waals surface area contributed by atoms with Crippen molar-refractivity contribution in [3.8, 4) is 0 Å². The highest BCUT2D eigenvalue weighted by atomic mass is 127. The predicted octanol–water partition coefficient (Wildman–Crippen LogP) is 5.91. The molecule has 9 heteroatoms. The van der Waals surface area contributed by atoms with Gasteiger partial charge in [-0.2, -0.15) is 0 Å². The molecule has 1 aromatic carbocycles. The van der Waals surface area contributed by atoms with Gasteiger partial charge < -0.3 is 33.2 Å². The maximum atomic E-state index is 13.7. The van der Waals surface area contributed by atoms with Crippen molar-refractivity contribution in [2.45, 2.75) is 148 Å². The number of aryl methyl sites for hydroxylation is 2. The second-order valence-corrected chi connectivity index (χ2v) is 13.7. The maximum Gasteiger partial charge on any atom is 0.305 e. The van der Waals surface area contributed by atoms with E-state index in [1.807, 2.05) is 11.5 Å². The SMILES string of the molecule is CCCCCCCCCCCC(=O)OCC1(CCc2c(C)nc3n(c2=O)CCCC3)CCC(c2noc3cc(F)ccc23)CC1.[I-]. The molecule has 0 atom stereocenters. The van der Waals surface area contributed by atoms with Crippen LogP contribution in [0, 0.1) is 18.2 Å². The summed E-state index contributed by atoms with van der Waals surface area (Å²) in [5.41, 5.74) is 2.88. The van der Waals surface area contributed by atoms with Crippen molar-refractivity contribution in [1.29, 1.82) is 0 Å². The number of benzene rings is 1. The molecule has 7 nitrogen and oxygen atoms in total. The third-order valence-corrected chi connectivity index (χ3v) is 10.4. The van der Waals surface area contributed by atoms with E-state index >= 15 is 0 Å². The van der Waals surface area contributed by atoms with E-state index in [1.54, 1.807) is 6.07 Å². The Morgan fingerprint density at radius 3 is 2.52 bits per heavy atom. The smallest absolute Gasteiger partial charge is 0.305 e. The summed E-state index contributed by atoms with van der Waals surface area (Å²) in [5.74, 6) is 0.656. The molecular formula is C37H52FIN3O4-. The van der Waals surface area contributed by atoms with Gasteiger partial charge in [0.05, 0.1) is 12.3 Å². The highest BCUT2D eigenvalue weighted by Crippen LogP contribution is 2.47. The molecule has 1 aliphatic heterocycles. The Morgan fingerprint density at radius 2 is 1.78 bits per heavy atom. The van der Waals surface area contributed by atoms with Crippen LogP contribution < -0.4 is 29.5 Å². The number of aromatic nitrogens is 3. The van der Waals surface area contributed by atoms with Gasteiger partial charge in [-0.25, -0.2) is 9.37 Å². The van der Waals surface area contributed by atoms with Crippen LogP contribution in [0.25, 0.3) is 11.0 Å². The Morgan fingerprint density at radius 1 is 1.07 bits per heavy atom. The first-order valence-electron chi connectivity index (χ1n) is 17.7. The summed E-state index contributed by atoms with van der Waals surface area (Å²) < 4.78 is 27.1. The van der Waals surface area contributed by atoms with Crippen molar-refractivity contribution in [1.82, 2.24) is 14.7 Å². The zero-order valence-corrected chi connectivity index (χ0v) is 30.0. The fraction of sp³-hybridized carbons (Fsp3) is 0.676. The van der Waals surface area contributed by atoms with Crippen molar-refractivity contribution in [2.24, 2.45) is 5.41 Å². The number of fused-ring (bicyclic) bond motifs is 2. The Kier molecular flexibility index (Phi) is 14.1. The molecule has 2 aliphatic rings. The van der Waals surface area contributed by atoms with Gasteiger partial charge in [0.1, 0.15) is 11.6 Å². The summed E-state index contributed by atoms with van der Waals surface area (Å²) in [7, 11) is 0. The number of nitrogens with zero attached hydrogens (tertiary/aromatic N) is 3. The zero-order chi connectivity index (χ0) is 31.6. The van der Waals surface area contributed by atoms with Gasteiger partial charge >= 0.3 is 5.97 Å². The molecule has 1 aliphatic carbocycles. The van der Waals surface area contributed by atoms with Crippen LogP contribution in [0.15, 0.2) is 27.5 Å². The molecule has 1 saturated carbocycles. The molecule has 2 aromatic heterocycles. The van der Waals surface area contributed by atoms with Crippen LogP contribution in [0.4, 0.5) is 4.39 Å². The van der Waals surface area contributed by atoms with E-state index in [4.69, 9.17) is 14.2 Å². The largest absolute Gasteiger partial charge is 1.00 e. The van der Waals surface area contributed by atoms with Gasteiger partial charge in [0.15, 0.2) is 5.58 Å². The van der Waals surface area contributed by atoms with E-state index in [2.05, 4.69) is 12.1 Å². The number of rotatable bonds is 16. The highest BCUT2D eigenvalue weighted by Gasteiger charge is 2.38. The fourth-order valence-electron chi connectivity index (χ4n) is 7.49. The first-order valence-corrected chi connectivity index (χ1v) is 17.7. The summed E-state index contributed by atoms with van der Waals surface area (Å²) in [6.07, 6.45) is 19.2. The van der Waals surface area contributed by atoms with Crippen LogP contribution in [0.3, 0.4) is 0 Å². The van der Waals surface area contributed by atoms with Crippen molar-refractivity contribution >= 4 is 16.9 Å². The van der Waals surface area contributed by atoms with Gasteiger partial charge in [-0.3, -0.25) is 14.2 Å². The van der Waals surface area contributed by atoms with E-state index in [0.29, 0.717) is 25.0 Å². The van der Waals surface area contributed by atoms with Gasteiger partial charge in [-0.15, -0.1) is 0 Å². The Balaban J connectivity index is 0.00000480. The van der Waals surface area contributed by atoms with Gasteiger partial charge in [0.2, 0.25) is 0 Å². The second-order valence-electron chi connectivity index (χ2n) is 13.7. The van der Waals surface area contributed by atoms with Crippen molar-refractivity contribution in [2.75, 3.05) is 6.61 Å². The van der Waals surface area contributed by atoms with Crippen LogP contribution in [0.1, 0.15) is 145 Å². The normalized spacial score (nSPS) is 19.5. The standard InChI is InChI=1S/C37H52FN3O4.HI/c1-3-4-5-6-7-8-9-10-11-15-34(42)44-26-37(23-20-30-27(2)39-33-14-12-13-24-41(33)36(30)43)21-18-28(19-22-37)35-31-17-16-29(38)25-32(31)45-40-35;/h16-17,25,28H,3-15,18-24,26H2,1-2H3;1H/p-1. The number of ether oxygens (including phenoxy) is 1. The van der Waals surface area contributed by atoms with Crippen LogP contribution >= 0.6 is 0 Å². The second kappa shape index (κ2) is 17.7. The molecule has 0 N–H and O–H groups in total. The number of halogens is 2. The maximum absolute atomic E-state index is 13.7. The molecule has 0 spiro atoms. The van der Waals surface area contributed by atoms with E-state index in [9.17, 15) is 14.0 Å². The molecule has 0 unspecified atom stereocenters. The summed E-state index contributed by atoms with van der Waals surface area (Å²) in [4.78, 5) is 31.2. The summed E-state index contributed by atoms with van der Waals surface area (Å²) >= 11 is 0. The average Bonchev–Trinajstić information content (AvgIpc) is 3.46. The molecule has 5 rings (SSSR count). The topological polar surface area (TPSA) is 87.2 Å². The van der Waals surface area contributed by atoms with E-state index < -0.39 is 0 Å². The summed E-state index contributed by atoms with van der Waals surface area (Å²) in [6, 6.07) is 4.60. The Bertz CT molecular complexity index is 1480. The lowest BCUT2D eigenvalue weighted by molar-refractivity contribution is -0.148. The molecule has 0 bridgehead atoms. The van der Waals surface area contributed by atoms with Gasteiger partial charge in [-0.05, 0) is 76.8 Å². The van der Waals surface area contributed by atoms with Crippen molar-refractivity contribution in [3.05, 3.63) is 57.1 Å². The number of carbonyl (C=O) groups is 1. The molecule has 254 valence electrons. The van der Waals surface area contributed by atoms with Crippen LogP contribution in [0.5, 0.6) is 0 Å². The lowest BCUT2D eigenvalue weighted by Crippen LogP contribution is -3.00. The summed E-state index contributed by atoms with van der Waals surface area (Å²) in [5, 5.41) is 5.20. The highest BCUT2D eigenvalue weighted by molar-refractivity contribution is 5.79. The number of hydrogen-bond donors (Lipinski definition) is 0. The van der Waals surface area contributed by atoms with E-state index in [1.165, 1.54) is 57.1 Å². The van der Waals surface area contributed by atoms with Crippen molar-refractivity contribution < 1.29 is 42.4 Å². The minimum absolute atomic E-state index is 0. The lowest BCUT2D eigenvalue weighted by Gasteiger charge is -2.39. The predicted molar refractivity (Wildman–Crippen MR) is 175 cm³/mol. The Labute approximate surface area is 290 Å². The summed E-state index contributed by atoms with van der Waals surface area (Å²) in [6.45, 7) is 5.32. The Hall–Kier alpha value is -2.30. The molecule has 1 fully saturated rings. The number of carbonyl (C=O) groups excluding carboxylic acids is 1. The lowest BCUT2D eigenvalue weighted by atomic mass is 9.67. The third kappa shape index (κ3) is 9.41. The quantitative estimate of drug-likeness (QED) is 0.103. The fourth-order valence-corrected chi connectivity index (χ4v) is 7.49. The number of unbranched alkanes of at least 4 members (excludes halogenated alkanes) is 8. The van der Waals surface area contributed by atoms with Crippen LogP contribution in [0.2, 0.25) is 0 Å². The molecule has 46 heavy (non-hydrogen) atoms. The first-order chi connectivity index (χ1) is 21.9. The van der Waals surface area contributed by atoms with Gasteiger partial charge in [0, 0.05) is 53.4 Å². The van der Waals surface area contributed by atoms with Gasteiger partial charge in [0.25, 0.3) is 5.56 Å². The molecule has 0 radical (unpaired) electrons.